The van der Waals surface area contributed by atoms with Gasteiger partial charge in [-0.25, -0.2) is 13.1 Å². The number of nitrogen functional groups attached to an aromatic ring is 1. The first-order valence-corrected chi connectivity index (χ1v) is 6.91. The van der Waals surface area contributed by atoms with E-state index in [0.29, 0.717) is 12.2 Å². The van der Waals surface area contributed by atoms with Gasteiger partial charge in [0.2, 0.25) is 10.0 Å². The van der Waals surface area contributed by atoms with Crippen molar-refractivity contribution in [2.45, 2.75) is 24.2 Å². The molecule has 0 unspecified atom stereocenters. The van der Waals surface area contributed by atoms with Crippen LogP contribution in [0, 0.1) is 5.92 Å². The quantitative estimate of drug-likeness (QED) is 0.763. The maximum absolute atomic E-state index is 11.8. The summed E-state index contributed by atoms with van der Waals surface area (Å²) in [6.45, 7) is 0.516. The molecule has 0 heterocycles. The Labute approximate surface area is 95.9 Å². The molecule has 5 heteroatoms. The Kier molecular flexibility index (Phi) is 3.16. The number of sulfonamides is 1. The summed E-state index contributed by atoms with van der Waals surface area (Å²) in [4.78, 5) is 0.239. The third kappa shape index (κ3) is 2.96. The van der Waals surface area contributed by atoms with E-state index in [1.807, 2.05) is 0 Å². The van der Waals surface area contributed by atoms with Crippen LogP contribution in [0.25, 0.3) is 0 Å². The van der Waals surface area contributed by atoms with Gasteiger partial charge in [-0.2, -0.15) is 0 Å². The van der Waals surface area contributed by atoms with E-state index in [2.05, 4.69) is 4.72 Å². The first kappa shape index (κ1) is 11.4. The van der Waals surface area contributed by atoms with Gasteiger partial charge in [-0.15, -0.1) is 0 Å². The van der Waals surface area contributed by atoms with E-state index in [1.54, 1.807) is 18.2 Å². The molecule has 0 saturated heterocycles. The lowest BCUT2D eigenvalue weighted by Crippen LogP contribution is -2.25. The van der Waals surface area contributed by atoms with Gasteiger partial charge in [0.15, 0.2) is 0 Å². The van der Waals surface area contributed by atoms with Gasteiger partial charge in [-0.05, 0) is 30.5 Å². The highest BCUT2D eigenvalue weighted by Gasteiger charge is 2.22. The molecule has 88 valence electrons. The van der Waals surface area contributed by atoms with Crippen molar-refractivity contribution < 1.29 is 8.42 Å². The average molecular weight is 240 g/mol. The Hall–Kier alpha value is -1.07. The maximum Gasteiger partial charge on any atom is 0.240 e. The Morgan fingerprint density at radius 1 is 1.38 bits per heavy atom. The molecular formula is C11H16N2O2S. The third-order valence-corrected chi connectivity index (χ3v) is 4.17. The van der Waals surface area contributed by atoms with Crippen molar-refractivity contribution in [1.29, 1.82) is 0 Å². The van der Waals surface area contributed by atoms with E-state index in [9.17, 15) is 8.42 Å². The number of hydrogen-bond acceptors (Lipinski definition) is 3. The predicted molar refractivity (Wildman–Crippen MR) is 63.4 cm³/mol. The van der Waals surface area contributed by atoms with Crippen LogP contribution in [0.15, 0.2) is 29.2 Å². The highest BCUT2D eigenvalue weighted by molar-refractivity contribution is 7.89. The molecule has 4 nitrogen and oxygen atoms in total. The van der Waals surface area contributed by atoms with Crippen LogP contribution < -0.4 is 10.5 Å². The zero-order valence-electron chi connectivity index (χ0n) is 9.02. The van der Waals surface area contributed by atoms with Crippen molar-refractivity contribution >= 4 is 15.7 Å². The summed E-state index contributed by atoms with van der Waals surface area (Å²) in [5, 5.41) is 0. The molecule has 1 aliphatic carbocycles. The zero-order chi connectivity index (χ0) is 11.6. The molecule has 0 aliphatic heterocycles. The summed E-state index contributed by atoms with van der Waals surface area (Å²) in [7, 11) is -3.38. The van der Waals surface area contributed by atoms with Crippen LogP contribution >= 0.6 is 0 Å². The minimum Gasteiger partial charge on any atom is -0.399 e. The molecule has 1 aliphatic rings. The van der Waals surface area contributed by atoms with Gasteiger partial charge in [-0.1, -0.05) is 18.9 Å². The smallest absolute Gasteiger partial charge is 0.240 e. The number of anilines is 1. The van der Waals surface area contributed by atoms with E-state index in [4.69, 9.17) is 5.73 Å². The van der Waals surface area contributed by atoms with Crippen molar-refractivity contribution in [3.8, 4) is 0 Å². The van der Waals surface area contributed by atoms with Gasteiger partial charge in [-0.3, -0.25) is 0 Å². The van der Waals surface area contributed by atoms with Gasteiger partial charge < -0.3 is 5.73 Å². The van der Waals surface area contributed by atoms with Crippen LogP contribution in [0.4, 0.5) is 5.69 Å². The molecule has 0 spiro atoms. The molecule has 2 rings (SSSR count). The third-order valence-electron chi connectivity index (χ3n) is 2.71. The molecule has 0 aromatic heterocycles. The fraction of sp³-hybridized carbons (Fsp3) is 0.455. The van der Waals surface area contributed by atoms with E-state index in [-0.39, 0.29) is 4.90 Å². The van der Waals surface area contributed by atoms with Crippen molar-refractivity contribution in [1.82, 2.24) is 4.72 Å². The average Bonchev–Trinajstić information content (AvgIpc) is 3.01. The Morgan fingerprint density at radius 2 is 2.12 bits per heavy atom. The molecule has 0 bridgehead atoms. The van der Waals surface area contributed by atoms with Gasteiger partial charge in [0.25, 0.3) is 0 Å². The molecule has 16 heavy (non-hydrogen) atoms. The maximum atomic E-state index is 11.8. The first-order chi connectivity index (χ1) is 7.58. The van der Waals surface area contributed by atoms with E-state index in [0.717, 1.165) is 12.3 Å². The second-order valence-corrected chi connectivity index (χ2v) is 5.97. The second kappa shape index (κ2) is 4.43. The van der Waals surface area contributed by atoms with Crippen molar-refractivity contribution in [3.63, 3.8) is 0 Å². The molecule has 1 aromatic rings. The number of benzene rings is 1. The minimum absolute atomic E-state index is 0.239. The van der Waals surface area contributed by atoms with Crippen LogP contribution in [0.5, 0.6) is 0 Å². The second-order valence-electron chi connectivity index (χ2n) is 4.20. The standard InChI is InChI=1S/C11H16N2O2S/c12-10-2-1-3-11(8-10)16(14,15)13-7-6-9-4-5-9/h1-3,8-9,13H,4-7,12H2. The lowest BCUT2D eigenvalue weighted by atomic mass is 10.3. The summed E-state index contributed by atoms with van der Waals surface area (Å²) < 4.78 is 26.2. The molecule has 1 aromatic carbocycles. The summed E-state index contributed by atoms with van der Waals surface area (Å²) >= 11 is 0. The zero-order valence-corrected chi connectivity index (χ0v) is 9.83. The Balaban J connectivity index is 1.99. The van der Waals surface area contributed by atoms with Crippen molar-refractivity contribution in [2.75, 3.05) is 12.3 Å². The molecule has 1 fully saturated rings. The number of nitrogens with one attached hydrogen (secondary N) is 1. The highest BCUT2D eigenvalue weighted by atomic mass is 32.2. The SMILES string of the molecule is Nc1cccc(S(=O)(=O)NCCC2CC2)c1. The lowest BCUT2D eigenvalue weighted by molar-refractivity contribution is 0.575. The molecule has 0 atom stereocenters. The number of rotatable bonds is 5. The lowest BCUT2D eigenvalue weighted by Gasteiger charge is -2.06. The fourth-order valence-electron chi connectivity index (χ4n) is 1.57. The first-order valence-electron chi connectivity index (χ1n) is 5.43. The van der Waals surface area contributed by atoms with E-state index >= 15 is 0 Å². The predicted octanol–water partition coefficient (Wildman–Crippen LogP) is 1.35. The number of hydrogen-bond donors (Lipinski definition) is 2. The van der Waals surface area contributed by atoms with Crippen LogP contribution in [0.1, 0.15) is 19.3 Å². The summed E-state index contributed by atoms with van der Waals surface area (Å²) in [6.07, 6.45) is 3.40. The number of nitrogens with two attached hydrogens (primary N) is 1. The van der Waals surface area contributed by atoms with Crippen molar-refractivity contribution in [3.05, 3.63) is 24.3 Å². The molecule has 1 saturated carbocycles. The summed E-state index contributed by atoms with van der Waals surface area (Å²) in [6, 6.07) is 6.34. The minimum atomic E-state index is -3.38. The van der Waals surface area contributed by atoms with Gasteiger partial charge in [0, 0.05) is 12.2 Å². The Morgan fingerprint density at radius 3 is 2.75 bits per heavy atom. The van der Waals surface area contributed by atoms with Gasteiger partial charge in [0.1, 0.15) is 0 Å². The normalized spacial score (nSPS) is 16.2. The molecule has 0 radical (unpaired) electrons. The van der Waals surface area contributed by atoms with Crippen LogP contribution in [0.2, 0.25) is 0 Å². The molecular weight excluding hydrogens is 224 g/mol. The topological polar surface area (TPSA) is 72.2 Å². The van der Waals surface area contributed by atoms with E-state index < -0.39 is 10.0 Å². The monoisotopic (exact) mass is 240 g/mol. The largest absolute Gasteiger partial charge is 0.399 e. The van der Waals surface area contributed by atoms with Gasteiger partial charge in [0.05, 0.1) is 4.90 Å². The fourth-order valence-corrected chi connectivity index (χ4v) is 2.67. The molecule has 3 N–H and O–H groups in total. The highest BCUT2D eigenvalue weighted by Crippen LogP contribution is 2.31. The van der Waals surface area contributed by atoms with Crippen LogP contribution in [-0.2, 0) is 10.0 Å². The Bertz CT molecular complexity index is 467. The van der Waals surface area contributed by atoms with Crippen molar-refractivity contribution in [2.24, 2.45) is 5.92 Å². The van der Waals surface area contributed by atoms with Crippen LogP contribution in [-0.4, -0.2) is 15.0 Å². The molecule has 0 amide bonds. The summed E-state index contributed by atoms with van der Waals surface area (Å²) in [5.41, 5.74) is 6.01. The van der Waals surface area contributed by atoms with Crippen LogP contribution in [0.3, 0.4) is 0 Å². The van der Waals surface area contributed by atoms with Gasteiger partial charge >= 0.3 is 0 Å². The van der Waals surface area contributed by atoms with E-state index in [1.165, 1.54) is 18.9 Å². The summed E-state index contributed by atoms with van der Waals surface area (Å²) in [5.74, 6) is 0.726.